The van der Waals surface area contributed by atoms with Crippen molar-refractivity contribution in [3.05, 3.63) is 58.1 Å². The van der Waals surface area contributed by atoms with Gasteiger partial charge in [0, 0.05) is 36.2 Å². The number of piperidine rings is 1. The molecule has 0 aliphatic carbocycles. The van der Waals surface area contributed by atoms with E-state index in [1.165, 1.54) is 43.5 Å². The highest BCUT2D eigenvalue weighted by Crippen LogP contribution is 2.38. The van der Waals surface area contributed by atoms with Gasteiger partial charge in [0.05, 0.1) is 0 Å². The fourth-order valence-electron chi connectivity index (χ4n) is 5.06. The molecule has 2 heterocycles. The van der Waals surface area contributed by atoms with Crippen LogP contribution in [0.5, 0.6) is 11.5 Å². The van der Waals surface area contributed by atoms with Crippen LogP contribution in [0.1, 0.15) is 63.6 Å². The minimum atomic E-state index is 0.320. The zero-order valence-corrected chi connectivity index (χ0v) is 21.3. The predicted octanol–water partition coefficient (Wildman–Crippen LogP) is 6.64. The number of ether oxygens (including phenoxy) is 2. The van der Waals surface area contributed by atoms with Gasteiger partial charge in [0.25, 0.3) is 0 Å². The van der Waals surface area contributed by atoms with Crippen molar-refractivity contribution in [3.8, 4) is 11.5 Å². The highest BCUT2D eigenvalue weighted by atomic mass is 79.9. The average molecular weight is 502 g/mol. The summed E-state index contributed by atoms with van der Waals surface area (Å²) in [4.78, 5) is 5.41. The van der Waals surface area contributed by atoms with Crippen molar-refractivity contribution >= 4 is 15.9 Å². The Balaban J connectivity index is 1.44. The zero-order chi connectivity index (χ0) is 22.5. The molecule has 4 rings (SSSR count). The summed E-state index contributed by atoms with van der Waals surface area (Å²) in [6.07, 6.45) is 4.84. The fraction of sp³-hybridized carbons (Fsp3) is 0.556. The van der Waals surface area contributed by atoms with Crippen LogP contribution < -0.4 is 9.47 Å². The average Bonchev–Trinajstić information content (AvgIpc) is 3.25. The molecule has 1 saturated heterocycles. The van der Waals surface area contributed by atoms with E-state index in [1.807, 2.05) is 0 Å². The Kier molecular flexibility index (Phi) is 8.14. The third-order valence-electron chi connectivity index (χ3n) is 6.94. The molecule has 0 aromatic heterocycles. The van der Waals surface area contributed by atoms with Gasteiger partial charge >= 0.3 is 0 Å². The number of hydrogen-bond acceptors (Lipinski definition) is 4. The quantitative estimate of drug-likeness (QED) is 0.385. The molecule has 2 aliphatic heterocycles. The van der Waals surface area contributed by atoms with Crippen LogP contribution in [0.2, 0.25) is 0 Å². The van der Waals surface area contributed by atoms with Crippen LogP contribution in [-0.2, 0) is 6.54 Å². The molecule has 0 amide bonds. The second kappa shape index (κ2) is 11.0. The first kappa shape index (κ1) is 23.6. The minimum Gasteiger partial charge on any atom is -0.454 e. The Morgan fingerprint density at radius 3 is 2.41 bits per heavy atom. The number of hydrogen-bond donors (Lipinski definition) is 0. The number of halogens is 1. The maximum absolute atomic E-state index is 5.65. The number of likely N-dealkylation sites (tertiary alicyclic amines) is 1. The minimum absolute atomic E-state index is 0.320. The molecule has 0 saturated carbocycles. The molecule has 2 aromatic carbocycles. The van der Waals surface area contributed by atoms with Crippen LogP contribution in [-0.4, -0.2) is 42.3 Å². The van der Waals surface area contributed by atoms with Crippen LogP contribution >= 0.6 is 15.9 Å². The van der Waals surface area contributed by atoms with E-state index in [-0.39, 0.29) is 0 Å². The fourth-order valence-corrected chi connectivity index (χ4v) is 5.50. The number of rotatable bonds is 9. The number of benzene rings is 2. The van der Waals surface area contributed by atoms with Crippen molar-refractivity contribution in [3.63, 3.8) is 0 Å². The second-order valence-electron chi connectivity index (χ2n) is 9.55. The van der Waals surface area contributed by atoms with Crippen molar-refractivity contribution < 1.29 is 9.47 Å². The largest absolute Gasteiger partial charge is 0.454 e. The molecule has 174 valence electrons. The Hall–Kier alpha value is -1.56. The van der Waals surface area contributed by atoms with E-state index >= 15 is 0 Å². The summed E-state index contributed by atoms with van der Waals surface area (Å²) in [7, 11) is 0. The van der Waals surface area contributed by atoms with Crippen molar-refractivity contribution in [1.29, 1.82) is 0 Å². The van der Waals surface area contributed by atoms with Crippen LogP contribution in [0, 0.1) is 5.92 Å². The third-order valence-corrected chi connectivity index (χ3v) is 7.67. The van der Waals surface area contributed by atoms with E-state index in [0.717, 1.165) is 35.5 Å². The van der Waals surface area contributed by atoms with Crippen molar-refractivity contribution in [2.45, 2.75) is 65.1 Å². The molecule has 0 N–H and O–H groups in total. The van der Waals surface area contributed by atoms with E-state index in [9.17, 15) is 0 Å². The molecule has 5 heteroatoms. The van der Waals surface area contributed by atoms with Crippen molar-refractivity contribution in [2.75, 3.05) is 26.4 Å². The maximum Gasteiger partial charge on any atom is 0.231 e. The summed E-state index contributed by atoms with van der Waals surface area (Å²) in [6, 6.07) is 16.4. The van der Waals surface area contributed by atoms with Gasteiger partial charge in [-0.2, -0.15) is 0 Å². The molecule has 2 aromatic rings. The number of fused-ring (bicyclic) bond motifs is 1. The summed E-state index contributed by atoms with van der Waals surface area (Å²) in [6.45, 7) is 11.7. The molecule has 2 aliphatic rings. The van der Waals surface area contributed by atoms with Gasteiger partial charge in [-0.1, -0.05) is 67.0 Å². The highest BCUT2D eigenvalue weighted by molar-refractivity contribution is 9.10. The summed E-state index contributed by atoms with van der Waals surface area (Å²) in [5, 5.41) is 0. The Labute approximate surface area is 202 Å². The molecule has 0 bridgehead atoms. The molecule has 32 heavy (non-hydrogen) atoms. The third kappa shape index (κ3) is 5.67. The predicted molar refractivity (Wildman–Crippen MR) is 134 cm³/mol. The summed E-state index contributed by atoms with van der Waals surface area (Å²) >= 11 is 3.78. The monoisotopic (exact) mass is 500 g/mol. The van der Waals surface area contributed by atoms with Crippen LogP contribution in [0.25, 0.3) is 0 Å². The van der Waals surface area contributed by atoms with Gasteiger partial charge in [-0.3, -0.25) is 9.80 Å². The first-order chi connectivity index (χ1) is 15.5. The van der Waals surface area contributed by atoms with Crippen molar-refractivity contribution in [2.24, 2.45) is 5.92 Å². The van der Waals surface area contributed by atoms with Crippen LogP contribution in [0.4, 0.5) is 0 Å². The van der Waals surface area contributed by atoms with Gasteiger partial charge in [-0.05, 0) is 61.4 Å². The van der Waals surface area contributed by atoms with Crippen molar-refractivity contribution in [1.82, 2.24) is 9.80 Å². The smallest absolute Gasteiger partial charge is 0.231 e. The van der Waals surface area contributed by atoms with Gasteiger partial charge in [0.1, 0.15) is 0 Å². The molecular weight excluding hydrogens is 464 g/mol. The normalized spacial score (nSPS) is 17.9. The summed E-state index contributed by atoms with van der Waals surface area (Å²) < 4.78 is 12.3. The number of nitrogens with zero attached hydrogens (tertiary/aromatic N) is 2. The first-order valence-corrected chi connectivity index (χ1v) is 13.0. The Morgan fingerprint density at radius 1 is 1.06 bits per heavy atom. The standard InChI is InChI=1S/C27H37BrN2O2/c1-4-25(21-8-6-5-7-9-21)29-14-11-23(12-15-29)30(13-10-20(2)3)18-22-16-26-27(17-24(22)28)32-19-31-26/h5-9,16-17,20,23,25H,4,10-15,18-19H2,1-3H3. The summed E-state index contributed by atoms with van der Waals surface area (Å²) in [5.41, 5.74) is 2.74. The van der Waals surface area contributed by atoms with Gasteiger partial charge in [-0.15, -0.1) is 0 Å². The van der Waals surface area contributed by atoms with Crippen LogP contribution in [0.15, 0.2) is 46.9 Å². The van der Waals surface area contributed by atoms with Gasteiger partial charge in [0.15, 0.2) is 11.5 Å². The Bertz CT molecular complexity index is 865. The lowest BCUT2D eigenvalue weighted by Gasteiger charge is -2.42. The maximum atomic E-state index is 5.65. The van der Waals surface area contributed by atoms with E-state index in [2.05, 4.69) is 89.0 Å². The van der Waals surface area contributed by atoms with E-state index in [0.29, 0.717) is 24.8 Å². The van der Waals surface area contributed by atoms with E-state index < -0.39 is 0 Å². The molecular formula is C27H37BrN2O2. The van der Waals surface area contributed by atoms with E-state index in [1.54, 1.807) is 0 Å². The molecule has 1 unspecified atom stereocenters. The molecule has 0 spiro atoms. The lowest BCUT2D eigenvalue weighted by molar-refractivity contribution is 0.0743. The van der Waals surface area contributed by atoms with E-state index in [4.69, 9.17) is 9.47 Å². The lowest BCUT2D eigenvalue weighted by atomic mass is 9.96. The van der Waals surface area contributed by atoms with Gasteiger partial charge in [0.2, 0.25) is 6.79 Å². The van der Waals surface area contributed by atoms with Gasteiger partial charge in [-0.25, -0.2) is 0 Å². The molecule has 1 atom stereocenters. The van der Waals surface area contributed by atoms with Crippen LogP contribution in [0.3, 0.4) is 0 Å². The SMILES string of the molecule is CCC(c1ccccc1)N1CCC(N(CCC(C)C)Cc2cc3c(cc2Br)OCO3)CC1. The van der Waals surface area contributed by atoms with Gasteiger partial charge < -0.3 is 9.47 Å². The first-order valence-electron chi connectivity index (χ1n) is 12.2. The highest BCUT2D eigenvalue weighted by Gasteiger charge is 2.29. The second-order valence-corrected chi connectivity index (χ2v) is 10.4. The zero-order valence-electron chi connectivity index (χ0n) is 19.7. The summed E-state index contributed by atoms with van der Waals surface area (Å²) in [5.74, 6) is 2.42. The molecule has 1 fully saturated rings. The topological polar surface area (TPSA) is 24.9 Å². The molecule has 0 radical (unpaired) electrons. The Morgan fingerprint density at radius 2 is 1.75 bits per heavy atom. The molecule has 4 nitrogen and oxygen atoms in total. The lowest BCUT2D eigenvalue weighted by Crippen LogP contribution is -2.46.